The van der Waals surface area contributed by atoms with Crippen molar-refractivity contribution >= 4 is 17.3 Å². The molecule has 1 rings (SSSR count). The number of nitrogens with one attached hydrogen (secondary N) is 2. The quantitative estimate of drug-likeness (QED) is 0.370. The van der Waals surface area contributed by atoms with Gasteiger partial charge in [-0.1, -0.05) is 0 Å². The predicted molar refractivity (Wildman–Crippen MR) is 93.6 cm³/mol. The molecular formula is C16H29N3O2S. The Bertz CT molecular complexity index is 431. The summed E-state index contributed by atoms with van der Waals surface area (Å²) in [5.74, 6) is 0.725. The van der Waals surface area contributed by atoms with E-state index in [0.29, 0.717) is 6.54 Å². The molecule has 0 spiro atoms. The minimum absolute atomic E-state index is 0.266. The zero-order valence-electron chi connectivity index (χ0n) is 14.1. The minimum Gasteiger partial charge on any atom is -0.383 e. The van der Waals surface area contributed by atoms with Crippen LogP contribution < -0.4 is 10.6 Å². The fraction of sp³-hybridized carbons (Fsp3) is 0.688. The molecule has 0 aromatic carbocycles. The Balaban J connectivity index is 2.44. The Labute approximate surface area is 137 Å². The van der Waals surface area contributed by atoms with Crippen molar-refractivity contribution in [2.45, 2.75) is 45.8 Å². The molecule has 0 aliphatic heterocycles. The van der Waals surface area contributed by atoms with Crippen molar-refractivity contribution < 1.29 is 9.84 Å². The van der Waals surface area contributed by atoms with Crippen LogP contribution in [0, 0.1) is 0 Å². The molecule has 1 aromatic rings. The van der Waals surface area contributed by atoms with Gasteiger partial charge in [0, 0.05) is 19.7 Å². The van der Waals surface area contributed by atoms with Gasteiger partial charge in [-0.15, -0.1) is 0 Å². The van der Waals surface area contributed by atoms with Crippen molar-refractivity contribution in [3.63, 3.8) is 0 Å². The van der Waals surface area contributed by atoms with Gasteiger partial charge in [0.2, 0.25) is 0 Å². The Kier molecular flexibility index (Phi) is 8.45. The van der Waals surface area contributed by atoms with E-state index in [1.54, 1.807) is 18.3 Å². The maximum Gasteiger partial charge on any atom is 0.191 e. The first-order chi connectivity index (χ1) is 10.5. The SMILES string of the molecule is CCNC(=NCC(C)(O)c1ccsc1)NCCCOC(C)C. The Morgan fingerprint density at radius 1 is 1.45 bits per heavy atom. The first-order valence-electron chi connectivity index (χ1n) is 7.84. The van der Waals surface area contributed by atoms with Crippen LogP contribution in [-0.4, -0.2) is 43.4 Å². The van der Waals surface area contributed by atoms with Gasteiger partial charge >= 0.3 is 0 Å². The lowest BCUT2D eigenvalue weighted by Crippen LogP contribution is -2.39. The highest BCUT2D eigenvalue weighted by atomic mass is 32.1. The third-order valence-electron chi connectivity index (χ3n) is 3.10. The summed E-state index contributed by atoms with van der Waals surface area (Å²) in [6, 6.07) is 1.93. The third kappa shape index (κ3) is 7.24. The lowest BCUT2D eigenvalue weighted by Gasteiger charge is -2.21. The van der Waals surface area contributed by atoms with Gasteiger partial charge in [-0.2, -0.15) is 11.3 Å². The second-order valence-electron chi connectivity index (χ2n) is 5.68. The number of hydrogen-bond acceptors (Lipinski definition) is 4. The van der Waals surface area contributed by atoms with E-state index in [-0.39, 0.29) is 6.10 Å². The standard InChI is InChI=1S/C16H29N3O2S/c1-5-17-15(18-8-6-9-21-13(2)3)19-12-16(4,20)14-7-10-22-11-14/h7,10-11,13,20H,5-6,8-9,12H2,1-4H3,(H2,17,18,19). The van der Waals surface area contributed by atoms with Gasteiger partial charge in [-0.05, 0) is 56.5 Å². The molecule has 1 unspecified atom stereocenters. The molecule has 22 heavy (non-hydrogen) atoms. The van der Waals surface area contributed by atoms with Crippen LogP contribution in [0.1, 0.15) is 39.7 Å². The summed E-state index contributed by atoms with van der Waals surface area (Å²) in [5, 5.41) is 20.9. The number of thiophene rings is 1. The van der Waals surface area contributed by atoms with E-state index < -0.39 is 5.60 Å². The lowest BCUT2D eigenvalue weighted by atomic mass is 10.00. The van der Waals surface area contributed by atoms with E-state index in [0.717, 1.165) is 37.6 Å². The van der Waals surface area contributed by atoms with Gasteiger partial charge in [0.25, 0.3) is 0 Å². The molecule has 1 heterocycles. The molecular weight excluding hydrogens is 298 g/mol. The van der Waals surface area contributed by atoms with E-state index in [4.69, 9.17) is 4.74 Å². The van der Waals surface area contributed by atoms with Gasteiger partial charge in [0.05, 0.1) is 12.6 Å². The molecule has 3 N–H and O–H groups in total. The number of guanidine groups is 1. The van der Waals surface area contributed by atoms with Crippen LogP contribution >= 0.6 is 11.3 Å². The Hall–Kier alpha value is -1.11. The number of aliphatic hydroxyl groups is 1. The molecule has 1 aromatic heterocycles. The van der Waals surface area contributed by atoms with Crippen LogP contribution in [0.4, 0.5) is 0 Å². The zero-order valence-corrected chi connectivity index (χ0v) is 14.9. The molecule has 0 amide bonds. The zero-order chi connectivity index (χ0) is 16.4. The van der Waals surface area contributed by atoms with Crippen LogP contribution in [0.15, 0.2) is 21.8 Å². The highest BCUT2D eigenvalue weighted by molar-refractivity contribution is 7.08. The van der Waals surface area contributed by atoms with Crippen LogP contribution in [-0.2, 0) is 10.3 Å². The second-order valence-corrected chi connectivity index (χ2v) is 6.46. The van der Waals surface area contributed by atoms with Crippen molar-refractivity contribution in [1.82, 2.24) is 10.6 Å². The number of hydrogen-bond donors (Lipinski definition) is 3. The minimum atomic E-state index is -0.941. The average molecular weight is 327 g/mol. The predicted octanol–water partition coefficient (Wildman–Crippen LogP) is 2.33. The van der Waals surface area contributed by atoms with Crippen molar-refractivity contribution in [3.05, 3.63) is 22.4 Å². The summed E-state index contributed by atoms with van der Waals surface area (Å²) in [7, 11) is 0. The van der Waals surface area contributed by atoms with Crippen molar-refractivity contribution in [2.75, 3.05) is 26.2 Å². The summed E-state index contributed by atoms with van der Waals surface area (Å²) in [4.78, 5) is 4.48. The van der Waals surface area contributed by atoms with Crippen LogP contribution in [0.3, 0.4) is 0 Å². The molecule has 126 valence electrons. The van der Waals surface area contributed by atoms with Gasteiger partial charge < -0.3 is 20.5 Å². The molecule has 0 saturated heterocycles. The highest BCUT2D eigenvalue weighted by Gasteiger charge is 2.23. The van der Waals surface area contributed by atoms with E-state index in [9.17, 15) is 5.11 Å². The molecule has 1 atom stereocenters. The molecule has 6 heteroatoms. The largest absolute Gasteiger partial charge is 0.383 e. The normalized spacial score (nSPS) is 14.9. The molecule has 0 radical (unpaired) electrons. The van der Waals surface area contributed by atoms with Crippen LogP contribution in [0.5, 0.6) is 0 Å². The number of nitrogens with zero attached hydrogens (tertiary/aromatic N) is 1. The van der Waals surface area contributed by atoms with Crippen LogP contribution in [0.2, 0.25) is 0 Å². The number of rotatable bonds is 9. The van der Waals surface area contributed by atoms with E-state index in [1.165, 1.54) is 0 Å². The molecule has 0 bridgehead atoms. The van der Waals surface area contributed by atoms with Gasteiger partial charge in [-0.25, -0.2) is 4.99 Å². The summed E-state index contributed by atoms with van der Waals surface area (Å²) in [6.07, 6.45) is 1.19. The third-order valence-corrected chi connectivity index (χ3v) is 3.78. The summed E-state index contributed by atoms with van der Waals surface area (Å²) >= 11 is 1.58. The van der Waals surface area contributed by atoms with Gasteiger partial charge in [0.1, 0.15) is 5.60 Å². The second kappa shape index (κ2) is 9.82. The van der Waals surface area contributed by atoms with Crippen LogP contribution in [0.25, 0.3) is 0 Å². The molecule has 0 saturated carbocycles. The summed E-state index contributed by atoms with van der Waals surface area (Å²) in [6.45, 7) is 10.5. The summed E-state index contributed by atoms with van der Waals surface area (Å²) < 4.78 is 5.51. The summed E-state index contributed by atoms with van der Waals surface area (Å²) in [5.41, 5.74) is -0.0363. The molecule has 0 aliphatic rings. The van der Waals surface area contributed by atoms with E-state index >= 15 is 0 Å². The van der Waals surface area contributed by atoms with Crippen molar-refractivity contribution in [3.8, 4) is 0 Å². The topological polar surface area (TPSA) is 65.9 Å². The van der Waals surface area contributed by atoms with E-state index in [1.807, 2.05) is 37.6 Å². The van der Waals surface area contributed by atoms with Gasteiger partial charge in [0.15, 0.2) is 5.96 Å². The van der Waals surface area contributed by atoms with Crippen molar-refractivity contribution in [2.24, 2.45) is 4.99 Å². The van der Waals surface area contributed by atoms with Gasteiger partial charge in [-0.3, -0.25) is 0 Å². The Morgan fingerprint density at radius 3 is 2.82 bits per heavy atom. The molecule has 0 fully saturated rings. The van der Waals surface area contributed by atoms with E-state index in [2.05, 4.69) is 15.6 Å². The first kappa shape index (κ1) is 18.9. The maximum atomic E-state index is 10.5. The fourth-order valence-corrected chi connectivity index (χ4v) is 2.62. The first-order valence-corrected chi connectivity index (χ1v) is 8.79. The monoisotopic (exact) mass is 327 g/mol. The fourth-order valence-electron chi connectivity index (χ4n) is 1.83. The molecule has 0 aliphatic carbocycles. The smallest absolute Gasteiger partial charge is 0.191 e. The molecule has 5 nitrogen and oxygen atoms in total. The van der Waals surface area contributed by atoms with Crippen molar-refractivity contribution in [1.29, 1.82) is 0 Å². The maximum absolute atomic E-state index is 10.5. The average Bonchev–Trinajstić information content (AvgIpc) is 2.99. The highest BCUT2D eigenvalue weighted by Crippen LogP contribution is 2.23. The number of aliphatic imine (C=N–C) groups is 1. The Morgan fingerprint density at radius 2 is 2.23 bits per heavy atom. The number of ether oxygens (including phenoxy) is 1. The lowest BCUT2D eigenvalue weighted by molar-refractivity contribution is 0.0676.